The fourth-order valence-electron chi connectivity index (χ4n) is 1.95. The Morgan fingerprint density at radius 2 is 2.15 bits per heavy atom. The number of nitrogens with zero attached hydrogens (tertiary/aromatic N) is 1. The summed E-state index contributed by atoms with van der Waals surface area (Å²) < 4.78 is 0. The Labute approximate surface area is 128 Å². The van der Waals surface area contributed by atoms with Crippen molar-refractivity contribution < 1.29 is 4.79 Å². The predicted octanol–water partition coefficient (Wildman–Crippen LogP) is 2.42. The molecule has 0 radical (unpaired) electrons. The Kier molecular flexibility index (Phi) is 5.54. The van der Waals surface area contributed by atoms with E-state index < -0.39 is 0 Å². The molecule has 20 heavy (non-hydrogen) atoms. The van der Waals surface area contributed by atoms with Gasteiger partial charge in [-0.2, -0.15) is 11.8 Å². The molecule has 4 N–H and O–H groups in total. The highest BCUT2D eigenvalue weighted by atomic mass is 32.2. The Hall–Kier alpha value is -0.950. The van der Waals surface area contributed by atoms with Crippen molar-refractivity contribution in [2.45, 2.75) is 32.7 Å². The van der Waals surface area contributed by atoms with Crippen molar-refractivity contribution in [1.29, 1.82) is 0 Å². The SMILES string of the molecule is CC(C)CNc1nc(N)c(C(=O)NC2CCSCC2)s1. The topological polar surface area (TPSA) is 80.0 Å². The molecule has 2 heterocycles. The fraction of sp³-hybridized carbons (Fsp3) is 0.692. The van der Waals surface area contributed by atoms with E-state index in [1.807, 2.05) is 11.8 Å². The van der Waals surface area contributed by atoms with Crippen molar-refractivity contribution >= 4 is 40.0 Å². The summed E-state index contributed by atoms with van der Waals surface area (Å²) in [6, 6.07) is 0.275. The molecule has 7 heteroatoms. The molecular formula is C13H22N4OS2. The lowest BCUT2D eigenvalue weighted by Gasteiger charge is -2.22. The van der Waals surface area contributed by atoms with Crippen LogP contribution in [0.5, 0.6) is 0 Å². The van der Waals surface area contributed by atoms with Crippen LogP contribution in [-0.2, 0) is 0 Å². The molecule has 112 valence electrons. The van der Waals surface area contributed by atoms with Gasteiger partial charge in [0.25, 0.3) is 5.91 Å². The van der Waals surface area contributed by atoms with Crippen LogP contribution in [0.2, 0.25) is 0 Å². The van der Waals surface area contributed by atoms with Crippen LogP contribution in [0.4, 0.5) is 10.9 Å². The second-order valence-corrected chi connectivity index (χ2v) is 7.59. The number of amides is 1. The standard InChI is InChI=1S/C13H22N4OS2/c1-8(2)7-15-13-17-11(14)10(20-13)12(18)16-9-3-5-19-6-4-9/h8-9H,3-7,14H2,1-2H3,(H,15,17)(H,16,18). The molecule has 0 spiro atoms. The van der Waals surface area contributed by atoms with Gasteiger partial charge in [-0.15, -0.1) is 0 Å². The van der Waals surface area contributed by atoms with Gasteiger partial charge in [0.05, 0.1) is 0 Å². The van der Waals surface area contributed by atoms with Crippen molar-refractivity contribution in [3.8, 4) is 0 Å². The van der Waals surface area contributed by atoms with Gasteiger partial charge in [0, 0.05) is 12.6 Å². The Morgan fingerprint density at radius 3 is 2.80 bits per heavy atom. The van der Waals surface area contributed by atoms with Gasteiger partial charge in [-0.3, -0.25) is 4.79 Å². The minimum atomic E-state index is -0.0884. The summed E-state index contributed by atoms with van der Waals surface area (Å²) in [7, 11) is 0. The molecule has 1 aliphatic heterocycles. The first-order valence-electron chi connectivity index (χ1n) is 6.95. The van der Waals surface area contributed by atoms with Gasteiger partial charge in [-0.1, -0.05) is 25.2 Å². The van der Waals surface area contributed by atoms with Gasteiger partial charge >= 0.3 is 0 Å². The second kappa shape index (κ2) is 7.17. The minimum Gasteiger partial charge on any atom is -0.382 e. The summed E-state index contributed by atoms with van der Waals surface area (Å²) in [5, 5.41) is 7.00. The normalized spacial score (nSPS) is 16.4. The molecule has 1 aromatic rings. The third-order valence-corrected chi connectivity index (χ3v) is 5.15. The predicted molar refractivity (Wildman–Crippen MR) is 87.7 cm³/mol. The van der Waals surface area contributed by atoms with E-state index in [9.17, 15) is 4.79 Å². The average Bonchev–Trinajstić information content (AvgIpc) is 2.79. The first-order chi connectivity index (χ1) is 9.56. The molecule has 1 amide bonds. The maximum Gasteiger partial charge on any atom is 0.265 e. The van der Waals surface area contributed by atoms with Crippen LogP contribution in [0.25, 0.3) is 0 Å². The molecule has 1 aromatic heterocycles. The molecule has 0 unspecified atom stereocenters. The molecular weight excluding hydrogens is 292 g/mol. The summed E-state index contributed by atoms with van der Waals surface area (Å²) in [5.74, 6) is 2.99. The van der Waals surface area contributed by atoms with Crippen LogP contribution in [0.3, 0.4) is 0 Å². The van der Waals surface area contributed by atoms with E-state index in [2.05, 4.69) is 29.5 Å². The number of nitrogens with one attached hydrogen (secondary N) is 2. The van der Waals surface area contributed by atoms with E-state index in [1.165, 1.54) is 11.3 Å². The number of hydrogen-bond acceptors (Lipinski definition) is 6. The Morgan fingerprint density at radius 1 is 1.45 bits per heavy atom. The largest absolute Gasteiger partial charge is 0.382 e. The number of thioether (sulfide) groups is 1. The number of nitrogen functional groups attached to an aromatic ring is 1. The third-order valence-electron chi connectivity index (χ3n) is 3.08. The van der Waals surface area contributed by atoms with Crippen LogP contribution in [0, 0.1) is 5.92 Å². The zero-order chi connectivity index (χ0) is 14.5. The third kappa shape index (κ3) is 4.28. The highest BCUT2D eigenvalue weighted by Crippen LogP contribution is 2.26. The molecule has 0 atom stereocenters. The van der Waals surface area contributed by atoms with Gasteiger partial charge < -0.3 is 16.4 Å². The van der Waals surface area contributed by atoms with Gasteiger partial charge in [0.2, 0.25) is 0 Å². The van der Waals surface area contributed by atoms with Crippen LogP contribution >= 0.6 is 23.1 Å². The number of carbonyl (C=O) groups excluding carboxylic acids is 1. The van der Waals surface area contributed by atoms with Gasteiger partial charge in [0.15, 0.2) is 5.13 Å². The summed E-state index contributed by atoms with van der Waals surface area (Å²) in [6.07, 6.45) is 2.07. The molecule has 1 saturated heterocycles. The number of hydrogen-bond donors (Lipinski definition) is 3. The maximum absolute atomic E-state index is 12.2. The molecule has 1 aliphatic rings. The highest BCUT2D eigenvalue weighted by molar-refractivity contribution is 7.99. The van der Waals surface area contributed by atoms with E-state index in [4.69, 9.17) is 5.73 Å². The van der Waals surface area contributed by atoms with Gasteiger partial charge in [0.1, 0.15) is 10.7 Å². The van der Waals surface area contributed by atoms with E-state index in [-0.39, 0.29) is 11.9 Å². The highest BCUT2D eigenvalue weighted by Gasteiger charge is 2.21. The van der Waals surface area contributed by atoms with Gasteiger partial charge in [-0.05, 0) is 30.3 Å². The van der Waals surface area contributed by atoms with Crippen molar-refractivity contribution in [2.24, 2.45) is 5.92 Å². The number of thiazole rings is 1. The fourth-order valence-corrected chi connectivity index (χ4v) is 3.86. The summed E-state index contributed by atoms with van der Waals surface area (Å²) in [4.78, 5) is 17.0. The van der Waals surface area contributed by atoms with Crippen molar-refractivity contribution in [3.63, 3.8) is 0 Å². The molecule has 0 aromatic carbocycles. The van der Waals surface area contributed by atoms with E-state index in [0.29, 0.717) is 16.6 Å². The van der Waals surface area contributed by atoms with Crippen molar-refractivity contribution in [1.82, 2.24) is 10.3 Å². The molecule has 2 rings (SSSR count). The van der Waals surface area contributed by atoms with Gasteiger partial charge in [-0.25, -0.2) is 4.98 Å². The Balaban J connectivity index is 1.94. The first kappa shape index (κ1) is 15.4. The van der Waals surface area contributed by atoms with Crippen molar-refractivity contribution in [2.75, 3.05) is 29.1 Å². The summed E-state index contributed by atoms with van der Waals surface area (Å²) in [6.45, 7) is 5.07. The van der Waals surface area contributed by atoms with Crippen LogP contribution in [0.1, 0.15) is 36.4 Å². The number of anilines is 2. The average molecular weight is 314 g/mol. The van der Waals surface area contributed by atoms with E-state index >= 15 is 0 Å². The number of carbonyl (C=O) groups is 1. The van der Waals surface area contributed by atoms with Crippen LogP contribution in [0.15, 0.2) is 0 Å². The lowest BCUT2D eigenvalue weighted by molar-refractivity contribution is 0.0939. The van der Waals surface area contributed by atoms with E-state index in [1.54, 1.807) is 0 Å². The second-order valence-electron chi connectivity index (χ2n) is 5.37. The molecule has 0 bridgehead atoms. The number of rotatable bonds is 5. The summed E-state index contributed by atoms with van der Waals surface area (Å²) >= 11 is 3.28. The monoisotopic (exact) mass is 314 g/mol. The Bertz CT molecular complexity index is 455. The molecule has 5 nitrogen and oxygen atoms in total. The minimum absolute atomic E-state index is 0.0884. The first-order valence-corrected chi connectivity index (χ1v) is 8.92. The summed E-state index contributed by atoms with van der Waals surface area (Å²) in [5.41, 5.74) is 5.85. The zero-order valence-electron chi connectivity index (χ0n) is 11.9. The smallest absolute Gasteiger partial charge is 0.265 e. The van der Waals surface area contributed by atoms with Crippen LogP contribution < -0.4 is 16.4 Å². The lowest BCUT2D eigenvalue weighted by Crippen LogP contribution is -2.37. The zero-order valence-corrected chi connectivity index (χ0v) is 13.6. The lowest BCUT2D eigenvalue weighted by atomic mass is 10.1. The van der Waals surface area contributed by atoms with Crippen molar-refractivity contribution in [3.05, 3.63) is 4.88 Å². The molecule has 0 saturated carbocycles. The quantitative estimate of drug-likeness (QED) is 0.778. The number of aromatic nitrogens is 1. The maximum atomic E-state index is 12.2. The van der Waals surface area contributed by atoms with E-state index in [0.717, 1.165) is 36.0 Å². The molecule has 0 aliphatic carbocycles. The van der Waals surface area contributed by atoms with Crippen LogP contribution in [-0.4, -0.2) is 35.0 Å². The number of nitrogens with two attached hydrogens (primary N) is 1. The molecule has 1 fully saturated rings.